The molecule has 1 unspecified atom stereocenters. The van der Waals surface area contributed by atoms with E-state index in [4.69, 9.17) is 0 Å². The largest absolute Gasteiger partial charge is 0.304 e. The quantitative estimate of drug-likeness (QED) is 0.862. The van der Waals surface area contributed by atoms with Gasteiger partial charge in [0.15, 0.2) is 0 Å². The van der Waals surface area contributed by atoms with Gasteiger partial charge in [-0.15, -0.1) is 0 Å². The number of aryl methyl sites for hydroxylation is 3. The summed E-state index contributed by atoms with van der Waals surface area (Å²) in [6, 6.07) is 2.24. The molecule has 2 aromatic heterocycles. The van der Waals surface area contributed by atoms with Gasteiger partial charge in [-0.1, -0.05) is 19.9 Å². The van der Waals surface area contributed by atoms with Gasteiger partial charge in [0.2, 0.25) is 0 Å². The summed E-state index contributed by atoms with van der Waals surface area (Å²) in [4.78, 5) is 4.67. The Hall–Kier alpha value is -1.20. The van der Waals surface area contributed by atoms with Crippen LogP contribution in [0.25, 0.3) is 0 Å². The smallest absolute Gasteiger partial charge is 0.0936 e. The van der Waals surface area contributed by atoms with E-state index in [-0.39, 0.29) is 6.04 Å². The van der Waals surface area contributed by atoms with Crippen LogP contribution in [0.3, 0.4) is 0 Å². The summed E-state index contributed by atoms with van der Waals surface area (Å²) in [6.07, 6.45) is 4.86. The molecular formula is C16H23BrN4. The number of nitrogens with one attached hydrogen (secondary N) is 1. The highest BCUT2D eigenvalue weighted by molar-refractivity contribution is 9.10. The monoisotopic (exact) mass is 350 g/mol. The molecule has 2 aromatic rings. The highest BCUT2D eigenvalue weighted by Gasteiger charge is 2.23. The molecule has 21 heavy (non-hydrogen) atoms. The summed E-state index contributed by atoms with van der Waals surface area (Å²) in [6.45, 7) is 10.3. The molecule has 2 rings (SSSR count). The van der Waals surface area contributed by atoms with E-state index in [1.165, 1.54) is 11.1 Å². The molecule has 1 N–H and O–H groups in total. The van der Waals surface area contributed by atoms with Gasteiger partial charge in [-0.2, -0.15) is 5.10 Å². The number of pyridine rings is 1. The zero-order valence-corrected chi connectivity index (χ0v) is 14.7. The lowest BCUT2D eigenvalue weighted by Crippen LogP contribution is -2.27. The third kappa shape index (κ3) is 3.52. The summed E-state index contributed by atoms with van der Waals surface area (Å²) in [5.41, 5.74) is 4.61. The van der Waals surface area contributed by atoms with Crippen molar-refractivity contribution in [2.75, 3.05) is 6.54 Å². The Kier molecular flexibility index (Phi) is 5.53. The Morgan fingerprint density at radius 1 is 1.29 bits per heavy atom. The molecule has 114 valence electrons. The average molecular weight is 351 g/mol. The van der Waals surface area contributed by atoms with Crippen molar-refractivity contribution in [3.8, 4) is 0 Å². The molecule has 0 spiro atoms. The first-order valence-electron chi connectivity index (χ1n) is 7.46. The first kappa shape index (κ1) is 16.2. The minimum absolute atomic E-state index is 0.0547. The molecule has 0 fully saturated rings. The zero-order chi connectivity index (χ0) is 15.4. The van der Waals surface area contributed by atoms with E-state index < -0.39 is 0 Å². The van der Waals surface area contributed by atoms with E-state index in [2.05, 4.69) is 69.8 Å². The molecule has 0 aliphatic heterocycles. The van der Waals surface area contributed by atoms with Crippen LogP contribution in [0.2, 0.25) is 0 Å². The standard InChI is InChI=1S/C16H23BrN4/c1-5-7-21-16(13(17)10-20-21)15(18-6-2)14-12(4)8-11(3)9-19-14/h8-10,15,18H,5-7H2,1-4H3. The van der Waals surface area contributed by atoms with Crippen LogP contribution in [0.4, 0.5) is 0 Å². The fourth-order valence-corrected chi connectivity index (χ4v) is 3.13. The lowest BCUT2D eigenvalue weighted by molar-refractivity contribution is 0.511. The van der Waals surface area contributed by atoms with E-state index in [0.29, 0.717) is 0 Å². The number of hydrogen-bond donors (Lipinski definition) is 1. The Morgan fingerprint density at radius 2 is 2.05 bits per heavy atom. The van der Waals surface area contributed by atoms with Crippen molar-refractivity contribution in [1.29, 1.82) is 0 Å². The maximum Gasteiger partial charge on any atom is 0.0936 e. The number of halogens is 1. The van der Waals surface area contributed by atoms with E-state index in [1.807, 2.05) is 12.4 Å². The molecule has 0 saturated carbocycles. The predicted octanol–water partition coefficient (Wildman–Crippen LogP) is 3.77. The Morgan fingerprint density at radius 3 is 2.67 bits per heavy atom. The first-order chi connectivity index (χ1) is 10.1. The summed E-state index contributed by atoms with van der Waals surface area (Å²) in [5.74, 6) is 0. The number of hydrogen-bond acceptors (Lipinski definition) is 3. The van der Waals surface area contributed by atoms with Gasteiger partial charge in [0.1, 0.15) is 0 Å². The molecule has 0 amide bonds. The Balaban J connectivity index is 2.50. The molecule has 0 aliphatic carbocycles. The van der Waals surface area contributed by atoms with Crippen molar-refractivity contribution >= 4 is 15.9 Å². The molecule has 0 radical (unpaired) electrons. The lowest BCUT2D eigenvalue weighted by atomic mass is 10.0. The van der Waals surface area contributed by atoms with Gasteiger partial charge in [0, 0.05) is 12.7 Å². The Bertz CT molecular complexity index is 606. The molecule has 0 saturated heterocycles. The molecular weight excluding hydrogens is 328 g/mol. The molecule has 0 bridgehead atoms. The van der Waals surface area contributed by atoms with Gasteiger partial charge in [0.25, 0.3) is 0 Å². The van der Waals surface area contributed by atoms with Gasteiger partial charge in [-0.05, 0) is 53.9 Å². The highest BCUT2D eigenvalue weighted by Crippen LogP contribution is 2.29. The first-order valence-corrected chi connectivity index (χ1v) is 8.25. The van der Waals surface area contributed by atoms with Crippen LogP contribution in [0.5, 0.6) is 0 Å². The van der Waals surface area contributed by atoms with Gasteiger partial charge < -0.3 is 5.32 Å². The molecule has 5 heteroatoms. The van der Waals surface area contributed by atoms with Crippen molar-refractivity contribution in [3.63, 3.8) is 0 Å². The number of aromatic nitrogens is 3. The molecule has 1 atom stereocenters. The second-order valence-corrected chi connectivity index (χ2v) is 6.16. The van der Waals surface area contributed by atoms with Crippen molar-refractivity contribution in [1.82, 2.24) is 20.1 Å². The number of rotatable bonds is 6. The summed E-state index contributed by atoms with van der Waals surface area (Å²) < 4.78 is 3.10. The van der Waals surface area contributed by atoms with Crippen molar-refractivity contribution < 1.29 is 0 Å². The molecule has 0 aromatic carbocycles. The van der Waals surface area contributed by atoms with Gasteiger partial charge in [-0.3, -0.25) is 9.67 Å². The van der Waals surface area contributed by atoms with Crippen molar-refractivity contribution in [3.05, 3.63) is 45.4 Å². The summed E-state index contributed by atoms with van der Waals surface area (Å²) in [7, 11) is 0. The maximum absolute atomic E-state index is 4.67. The third-order valence-corrected chi connectivity index (χ3v) is 4.09. The zero-order valence-electron chi connectivity index (χ0n) is 13.2. The van der Waals surface area contributed by atoms with Crippen molar-refractivity contribution in [2.24, 2.45) is 0 Å². The second kappa shape index (κ2) is 7.18. The fraction of sp³-hybridized carbons (Fsp3) is 0.500. The van der Waals surface area contributed by atoms with E-state index in [9.17, 15) is 0 Å². The van der Waals surface area contributed by atoms with Crippen LogP contribution in [-0.2, 0) is 6.54 Å². The molecule has 0 aliphatic rings. The minimum Gasteiger partial charge on any atom is -0.304 e. The average Bonchev–Trinajstić information content (AvgIpc) is 2.79. The molecule has 2 heterocycles. The third-order valence-electron chi connectivity index (χ3n) is 3.48. The van der Waals surface area contributed by atoms with Crippen LogP contribution in [0.1, 0.15) is 48.8 Å². The lowest BCUT2D eigenvalue weighted by Gasteiger charge is -2.21. The van der Waals surface area contributed by atoms with Crippen LogP contribution < -0.4 is 5.32 Å². The van der Waals surface area contributed by atoms with E-state index >= 15 is 0 Å². The summed E-state index contributed by atoms with van der Waals surface area (Å²) in [5, 5.41) is 8.03. The topological polar surface area (TPSA) is 42.7 Å². The van der Waals surface area contributed by atoms with E-state index in [0.717, 1.165) is 35.4 Å². The fourth-order valence-electron chi connectivity index (χ4n) is 2.60. The van der Waals surface area contributed by atoms with Gasteiger partial charge in [0.05, 0.1) is 28.1 Å². The summed E-state index contributed by atoms with van der Waals surface area (Å²) >= 11 is 3.64. The SMILES string of the molecule is CCCn1ncc(Br)c1C(NCC)c1ncc(C)cc1C. The van der Waals surface area contributed by atoms with Crippen LogP contribution in [0, 0.1) is 13.8 Å². The maximum atomic E-state index is 4.67. The van der Waals surface area contributed by atoms with Gasteiger partial charge in [-0.25, -0.2) is 0 Å². The van der Waals surface area contributed by atoms with Crippen LogP contribution in [0.15, 0.2) is 22.9 Å². The van der Waals surface area contributed by atoms with Crippen LogP contribution in [-0.4, -0.2) is 21.3 Å². The highest BCUT2D eigenvalue weighted by atomic mass is 79.9. The second-order valence-electron chi connectivity index (χ2n) is 5.31. The number of nitrogens with zero attached hydrogens (tertiary/aromatic N) is 3. The Labute approximate surface area is 135 Å². The molecule has 4 nitrogen and oxygen atoms in total. The predicted molar refractivity (Wildman–Crippen MR) is 89.4 cm³/mol. The van der Waals surface area contributed by atoms with Crippen LogP contribution >= 0.6 is 15.9 Å². The van der Waals surface area contributed by atoms with E-state index in [1.54, 1.807) is 0 Å². The normalized spacial score (nSPS) is 12.6. The van der Waals surface area contributed by atoms with Crippen molar-refractivity contribution in [2.45, 2.75) is 46.7 Å². The van der Waals surface area contributed by atoms with Gasteiger partial charge >= 0.3 is 0 Å². The minimum atomic E-state index is 0.0547.